The zero-order chi connectivity index (χ0) is 13.4. The Hall–Kier alpha value is -3.11. The Morgan fingerprint density at radius 2 is 1.61 bits per heavy atom. The molecule has 0 bridgehead atoms. The molecule has 1 aromatic rings. The second-order valence-corrected chi connectivity index (χ2v) is 3.02. The molecule has 11 nitrogen and oxygen atoms in total. The highest BCUT2D eigenvalue weighted by Gasteiger charge is 2.30. The Kier molecular flexibility index (Phi) is 2.35. The molecule has 18 heavy (non-hydrogen) atoms. The molecule has 0 aromatic carbocycles. The number of carbonyl (C=O) groups excluding carboxylic acids is 2. The van der Waals surface area contributed by atoms with E-state index >= 15 is 0 Å². The Morgan fingerprint density at radius 3 is 2.17 bits per heavy atom. The molecule has 11 heteroatoms. The van der Waals surface area contributed by atoms with Gasteiger partial charge < -0.3 is 10.1 Å². The number of amides is 2. The minimum absolute atomic E-state index is 0.350. The molecule has 0 atom stereocenters. The first kappa shape index (κ1) is 11.4. The summed E-state index contributed by atoms with van der Waals surface area (Å²) in [7, 11) is 0. The van der Waals surface area contributed by atoms with Gasteiger partial charge in [0.2, 0.25) is 0 Å². The Labute approximate surface area is 95.8 Å². The summed E-state index contributed by atoms with van der Waals surface area (Å²) in [5.74, 6) is -3.52. The lowest BCUT2D eigenvalue weighted by Gasteiger charge is -1.96. The predicted octanol–water partition coefficient (Wildman–Crippen LogP) is -1.80. The average molecular weight is 251 g/mol. The van der Waals surface area contributed by atoms with Crippen molar-refractivity contribution in [3.63, 3.8) is 0 Å². The largest absolute Gasteiger partial charge is 0.444 e. The summed E-state index contributed by atoms with van der Waals surface area (Å²) in [6, 6.07) is 0.675. The third-order valence-electron chi connectivity index (χ3n) is 1.93. The van der Waals surface area contributed by atoms with E-state index in [1.54, 1.807) is 0 Å². The maximum Gasteiger partial charge on any atom is 0.444 e. The van der Waals surface area contributed by atoms with Crippen molar-refractivity contribution in [1.29, 1.82) is 0 Å². The van der Waals surface area contributed by atoms with Crippen LogP contribution in [0.5, 0.6) is 0 Å². The first-order chi connectivity index (χ1) is 8.40. The summed E-state index contributed by atoms with van der Waals surface area (Å²) < 4.78 is 0. The lowest BCUT2D eigenvalue weighted by molar-refractivity contribution is -0.425. The molecule has 0 radical (unpaired) electrons. The third-order valence-corrected chi connectivity index (χ3v) is 1.93. The summed E-state index contributed by atoms with van der Waals surface area (Å²) in [4.78, 5) is 50.5. The topological polar surface area (TPSA) is 158 Å². The minimum Gasteiger partial charge on any atom is -0.358 e. The van der Waals surface area contributed by atoms with Gasteiger partial charge in [-0.25, -0.2) is 0 Å². The Balaban J connectivity index is 2.88. The molecule has 90 valence electrons. The maximum atomic E-state index is 10.9. The Bertz CT molecular complexity index is 674. The predicted molar refractivity (Wildman–Crippen MR) is 49.9 cm³/mol. The maximum absolute atomic E-state index is 10.9. The number of hydrogen-bond donors (Lipinski definition) is 0. The molecule has 0 N–H and O–H groups in total. The molecule has 2 amide bonds. The smallest absolute Gasteiger partial charge is 0.358 e. The van der Waals surface area contributed by atoms with Gasteiger partial charge in [0.05, 0.1) is 11.0 Å². The van der Waals surface area contributed by atoms with Crippen LogP contribution in [-0.4, -0.2) is 26.6 Å². The number of nitro groups is 2. The van der Waals surface area contributed by atoms with Gasteiger partial charge in [-0.05, 0) is 9.91 Å². The van der Waals surface area contributed by atoms with Crippen molar-refractivity contribution in [3.8, 4) is 0 Å². The molecular formula is C7HN5O6. The van der Waals surface area contributed by atoms with E-state index in [4.69, 9.17) is 0 Å². The lowest BCUT2D eigenvalue weighted by Crippen LogP contribution is -2.37. The minimum atomic E-state index is -1.24. The van der Waals surface area contributed by atoms with Crippen molar-refractivity contribution in [2.45, 2.75) is 0 Å². The van der Waals surface area contributed by atoms with Crippen LogP contribution in [-0.2, 0) is 9.59 Å². The molecule has 1 aromatic heterocycles. The molecule has 0 unspecified atom stereocenters. The SMILES string of the molecule is O=C1N=c2cc([N+](=O)[O-])c([N+](=O)[O-])nc2=NC1=O. The molecule has 0 saturated heterocycles. The zero-order valence-electron chi connectivity index (χ0n) is 8.26. The summed E-state index contributed by atoms with van der Waals surface area (Å²) in [6.07, 6.45) is 0. The summed E-state index contributed by atoms with van der Waals surface area (Å²) in [5, 5.41) is 20.8. The molecule has 2 heterocycles. The summed E-state index contributed by atoms with van der Waals surface area (Å²) >= 11 is 0. The van der Waals surface area contributed by atoms with Crippen LogP contribution < -0.4 is 10.8 Å². The molecule has 0 fully saturated rings. The van der Waals surface area contributed by atoms with Crippen molar-refractivity contribution < 1.29 is 19.4 Å². The van der Waals surface area contributed by atoms with Crippen molar-refractivity contribution in [1.82, 2.24) is 4.98 Å². The highest BCUT2D eigenvalue weighted by molar-refractivity contribution is 6.36. The molecule has 1 aliphatic heterocycles. The molecule has 1 aliphatic rings. The number of nitrogens with zero attached hydrogens (tertiary/aromatic N) is 5. The lowest BCUT2D eigenvalue weighted by atomic mass is 10.3. The summed E-state index contributed by atoms with van der Waals surface area (Å²) in [5.41, 5.74) is -1.42. The third kappa shape index (κ3) is 1.68. The first-order valence-corrected chi connectivity index (χ1v) is 4.25. The second kappa shape index (κ2) is 3.73. The number of fused-ring (bicyclic) bond motifs is 1. The van der Waals surface area contributed by atoms with Crippen LogP contribution in [0.3, 0.4) is 0 Å². The Morgan fingerprint density at radius 1 is 1.00 bits per heavy atom. The van der Waals surface area contributed by atoms with E-state index in [1.165, 1.54) is 0 Å². The van der Waals surface area contributed by atoms with E-state index in [2.05, 4.69) is 15.0 Å². The van der Waals surface area contributed by atoms with Crippen LogP contribution in [0.4, 0.5) is 11.5 Å². The van der Waals surface area contributed by atoms with Crippen molar-refractivity contribution in [2.24, 2.45) is 9.98 Å². The van der Waals surface area contributed by atoms with Crippen LogP contribution in [0.1, 0.15) is 0 Å². The van der Waals surface area contributed by atoms with Crippen LogP contribution in [0.25, 0.3) is 0 Å². The highest BCUT2D eigenvalue weighted by atomic mass is 16.6. The van der Waals surface area contributed by atoms with E-state index in [-0.39, 0.29) is 5.36 Å². The van der Waals surface area contributed by atoms with Gasteiger partial charge in [0, 0.05) is 0 Å². The van der Waals surface area contributed by atoms with Gasteiger partial charge in [-0.15, -0.1) is 0 Å². The van der Waals surface area contributed by atoms with Gasteiger partial charge in [0.15, 0.2) is 0 Å². The second-order valence-electron chi connectivity index (χ2n) is 3.02. The van der Waals surface area contributed by atoms with Gasteiger partial charge in [0.1, 0.15) is 5.36 Å². The van der Waals surface area contributed by atoms with Crippen LogP contribution >= 0.6 is 0 Å². The van der Waals surface area contributed by atoms with Crippen LogP contribution in [0.2, 0.25) is 0 Å². The fourth-order valence-corrected chi connectivity index (χ4v) is 1.21. The van der Waals surface area contributed by atoms with Crippen molar-refractivity contribution in [2.75, 3.05) is 0 Å². The van der Waals surface area contributed by atoms with E-state index in [1.807, 2.05) is 0 Å². The highest BCUT2D eigenvalue weighted by Crippen LogP contribution is 2.19. The van der Waals surface area contributed by atoms with Crippen LogP contribution in [0.15, 0.2) is 16.1 Å². The van der Waals surface area contributed by atoms with E-state index in [0.717, 1.165) is 0 Å². The molecule has 2 rings (SSSR count). The van der Waals surface area contributed by atoms with E-state index in [0.29, 0.717) is 6.07 Å². The van der Waals surface area contributed by atoms with E-state index in [9.17, 15) is 29.8 Å². The number of rotatable bonds is 2. The number of carbonyl (C=O) groups is 2. The fraction of sp³-hybridized carbons (Fsp3) is 0. The monoisotopic (exact) mass is 251 g/mol. The van der Waals surface area contributed by atoms with Gasteiger partial charge >= 0.3 is 23.3 Å². The standard InChI is InChI=1S/C7HN5O6/c13-6-7(14)10-4-2(8-6)1-3(11(15)16)5(9-4)12(17)18/h1H. The fourth-order valence-electron chi connectivity index (χ4n) is 1.21. The summed E-state index contributed by atoms with van der Waals surface area (Å²) in [6.45, 7) is 0. The van der Waals surface area contributed by atoms with Crippen molar-refractivity contribution in [3.05, 3.63) is 37.1 Å². The van der Waals surface area contributed by atoms with Gasteiger partial charge in [-0.2, -0.15) is 9.98 Å². The van der Waals surface area contributed by atoms with Gasteiger partial charge in [-0.1, -0.05) is 0 Å². The molecule has 0 saturated carbocycles. The molecule has 0 aliphatic carbocycles. The number of pyridine rings is 1. The quantitative estimate of drug-likeness (QED) is 0.340. The van der Waals surface area contributed by atoms with Crippen LogP contribution in [0, 0.1) is 20.2 Å². The molecule has 0 spiro atoms. The first-order valence-electron chi connectivity index (χ1n) is 4.25. The normalized spacial score (nSPS) is 13.3. The molecular weight excluding hydrogens is 250 g/mol. The van der Waals surface area contributed by atoms with E-state index < -0.39 is 38.7 Å². The van der Waals surface area contributed by atoms with Crippen molar-refractivity contribution >= 4 is 23.3 Å². The van der Waals surface area contributed by atoms with Gasteiger partial charge in [0.25, 0.3) is 5.49 Å². The number of aromatic nitrogens is 1. The average Bonchev–Trinajstić information content (AvgIpc) is 2.28. The zero-order valence-corrected chi connectivity index (χ0v) is 8.26. The number of hydrogen-bond acceptors (Lipinski definition) is 7. The van der Waals surface area contributed by atoms with Gasteiger partial charge in [-0.3, -0.25) is 19.7 Å².